The second-order valence-electron chi connectivity index (χ2n) is 24.6. The van der Waals surface area contributed by atoms with Gasteiger partial charge in [0.15, 0.2) is 0 Å². The van der Waals surface area contributed by atoms with E-state index in [9.17, 15) is 19.8 Å². The lowest BCUT2D eigenvalue weighted by Crippen LogP contribution is -2.45. The predicted octanol–water partition coefficient (Wildman–Crippen LogP) is 22.9. The Balaban J connectivity index is 3.37. The first kappa shape index (κ1) is 76.3. The molecule has 0 rings (SSSR count). The Kier molecular flexibility index (Phi) is 66.4. The minimum atomic E-state index is -0.664. The van der Waals surface area contributed by atoms with Crippen molar-refractivity contribution in [2.24, 2.45) is 0 Å². The van der Waals surface area contributed by atoms with Crippen molar-refractivity contribution < 1.29 is 24.5 Å². The number of allylic oxidation sites excluding steroid dienone is 4. The predicted molar refractivity (Wildman–Crippen MR) is 343 cm³/mol. The van der Waals surface area contributed by atoms with E-state index in [0.29, 0.717) is 25.9 Å². The first-order valence-electron chi connectivity index (χ1n) is 35.6. The van der Waals surface area contributed by atoms with Gasteiger partial charge in [-0.3, -0.25) is 9.59 Å². The minimum absolute atomic E-state index is 0.00260. The third-order valence-corrected chi connectivity index (χ3v) is 16.8. The fraction of sp³-hybridized carbons (Fsp3) is 0.917. The lowest BCUT2D eigenvalue weighted by atomic mass is 10.0. The molecule has 2 atom stereocenters. The number of ether oxygens (including phenoxy) is 1. The Morgan fingerprint density at radius 3 is 1.01 bits per heavy atom. The van der Waals surface area contributed by atoms with E-state index in [4.69, 9.17) is 4.74 Å². The number of hydrogen-bond acceptors (Lipinski definition) is 5. The van der Waals surface area contributed by atoms with E-state index < -0.39 is 12.1 Å². The number of carbonyl (C=O) groups excluding carboxylic acids is 2. The summed E-state index contributed by atoms with van der Waals surface area (Å²) < 4.78 is 5.48. The molecular weight excluding hydrogens is 959 g/mol. The van der Waals surface area contributed by atoms with E-state index in [0.717, 1.165) is 51.4 Å². The molecule has 0 aromatic carbocycles. The van der Waals surface area contributed by atoms with Crippen LogP contribution in [-0.4, -0.2) is 47.4 Å². The van der Waals surface area contributed by atoms with Crippen molar-refractivity contribution in [3.05, 3.63) is 24.3 Å². The zero-order valence-corrected chi connectivity index (χ0v) is 52.9. The number of amides is 1. The molecule has 0 radical (unpaired) electrons. The Hall–Kier alpha value is -1.66. The molecule has 6 nitrogen and oxygen atoms in total. The van der Waals surface area contributed by atoms with Gasteiger partial charge in [-0.2, -0.15) is 0 Å². The van der Waals surface area contributed by atoms with Crippen LogP contribution >= 0.6 is 0 Å². The van der Waals surface area contributed by atoms with Crippen LogP contribution in [0.25, 0.3) is 0 Å². The van der Waals surface area contributed by atoms with Crippen LogP contribution < -0.4 is 5.32 Å². The van der Waals surface area contributed by atoms with Gasteiger partial charge in [0, 0.05) is 12.8 Å². The normalized spacial score (nSPS) is 12.6. The molecular formula is C72H139NO5. The number of unbranched alkanes of at least 4 members (excludes halogenated alkanes) is 52. The molecule has 0 bridgehead atoms. The first-order chi connectivity index (χ1) is 38.5. The van der Waals surface area contributed by atoms with Gasteiger partial charge in [-0.15, -0.1) is 0 Å². The van der Waals surface area contributed by atoms with Crippen LogP contribution in [0.4, 0.5) is 0 Å². The van der Waals surface area contributed by atoms with Gasteiger partial charge >= 0.3 is 5.97 Å². The summed E-state index contributed by atoms with van der Waals surface area (Å²) in [5.74, 6) is -0.0261. The number of rotatable bonds is 67. The maximum absolute atomic E-state index is 12.6. The van der Waals surface area contributed by atoms with Gasteiger partial charge in [-0.25, -0.2) is 0 Å². The minimum Gasteiger partial charge on any atom is -0.466 e. The molecule has 1 amide bonds. The van der Waals surface area contributed by atoms with Gasteiger partial charge in [0.2, 0.25) is 5.91 Å². The number of aliphatic hydroxyl groups is 2. The van der Waals surface area contributed by atoms with E-state index in [-0.39, 0.29) is 18.5 Å². The number of aliphatic hydroxyl groups excluding tert-OH is 2. The Morgan fingerprint density at radius 2 is 0.654 bits per heavy atom. The summed E-state index contributed by atoms with van der Waals surface area (Å²) in [6.07, 6.45) is 85.1. The Bertz CT molecular complexity index is 1220. The summed E-state index contributed by atoms with van der Waals surface area (Å²) in [6.45, 7) is 4.95. The van der Waals surface area contributed by atoms with Crippen LogP contribution in [0.15, 0.2) is 24.3 Å². The maximum Gasteiger partial charge on any atom is 0.305 e. The summed E-state index contributed by atoms with van der Waals surface area (Å²) in [5.41, 5.74) is 0. The van der Waals surface area contributed by atoms with Crippen molar-refractivity contribution in [3.8, 4) is 0 Å². The molecule has 0 saturated heterocycles. The van der Waals surface area contributed by atoms with E-state index in [2.05, 4.69) is 43.5 Å². The van der Waals surface area contributed by atoms with Crippen molar-refractivity contribution in [1.82, 2.24) is 5.32 Å². The molecule has 0 fully saturated rings. The highest BCUT2D eigenvalue weighted by Crippen LogP contribution is 2.19. The largest absolute Gasteiger partial charge is 0.466 e. The molecule has 0 heterocycles. The molecule has 2 unspecified atom stereocenters. The molecule has 462 valence electrons. The monoisotopic (exact) mass is 1100 g/mol. The van der Waals surface area contributed by atoms with E-state index >= 15 is 0 Å². The molecule has 0 saturated carbocycles. The van der Waals surface area contributed by atoms with Crippen LogP contribution in [0.3, 0.4) is 0 Å². The highest BCUT2D eigenvalue weighted by molar-refractivity contribution is 5.76. The summed E-state index contributed by atoms with van der Waals surface area (Å²) in [4.78, 5) is 24.6. The Labute approximate surface area is 488 Å². The molecule has 78 heavy (non-hydrogen) atoms. The molecule has 3 N–H and O–H groups in total. The number of hydrogen-bond donors (Lipinski definition) is 3. The average molecular weight is 1100 g/mol. The van der Waals surface area contributed by atoms with Crippen molar-refractivity contribution in [2.75, 3.05) is 13.2 Å². The highest BCUT2D eigenvalue weighted by Gasteiger charge is 2.20. The van der Waals surface area contributed by atoms with E-state index in [1.165, 1.54) is 315 Å². The quantitative estimate of drug-likeness (QED) is 0.0320. The van der Waals surface area contributed by atoms with Gasteiger partial charge in [-0.1, -0.05) is 359 Å². The fourth-order valence-electron chi connectivity index (χ4n) is 11.3. The molecule has 0 aromatic rings. The van der Waals surface area contributed by atoms with Gasteiger partial charge in [0.25, 0.3) is 0 Å². The molecule has 0 aliphatic heterocycles. The second kappa shape index (κ2) is 67.8. The number of esters is 1. The lowest BCUT2D eigenvalue weighted by Gasteiger charge is -2.22. The zero-order chi connectivity index (χ0) is 56.4. The number of nitrogens with one attached hydrogen (secondary N) is 1. The van der Waals surface area contributed by atoms with Crippen molar-refractivity contribution in [1.29, 1.82) is 0 Å². The van der Waals surface area contributed by atoms with Gasteiger partial charge < -0.3 is 20.3 Å². The van der Waals surface area contributed by atoms with Gasteiger partial charge in [-0.05, 0) is 51.4 Å². The van der Waals surface area contributed by atoms with Crippen LogP contribution in [0.1, 0.15) is 399 Å². The van der Waals surface area contributed by atoms with Crippen LogP contribution in [0.5, 0.6) is 0 Å². The molecule has 0 aromatic heterocycles. The van der Waals surface area contributed by atoms with Crippen LogP contribution in [0.2, 0.25) is 0 Å². The van der Waals surface area contributed by atoms with Crippen LogP contribution in [0, 0.1) is 0 Å². The summed E-state index contributed by atoms with van der Waals surface area (Å²) in [5, 5.41) is 23.4. The third-order valence-electron chi connectivity index (χ3n) is 16.8. The first-order valence-corrected chi connectivity index (χ1v) is 35.6. The summed E-state index contributed by atoms with van der Waals surface area (Å²) in [7, 11) is 0. The summed E-state index contributed by atoms with van der Waals surface area (Å²) >= 11 is 0. The molecule has 0 spiro atoms. The smallest absolute Gasteiger partial charge is 0.305 e. The maximum atomic E-state index is 12.6. The van der Waals surface area contributed by atoms with E-state index in [1.807, 2.05) is 0 Å². The molecule has 0 aliphatic rings. The van der Waals surface area contributed by atoms with Gasteiger partial charge in [0.1, 0.15) is 0 Å². The van der Waals surface area contributed by atoms with Crippen molar-refractivity contribution >= 4 is 11.9 Å². The summed E-state index contributed by atoms with van der Waals surface area (Å²) in [6, 6.07) is -0.541. The average Bonchev–Trinajstić information content (AvgIpc) is 3.44. The van der Waals surface area contributed by atoms with Crippen LogP contribution in [-0.2, 0) is 14.3 Å². The standard InChI is InChI=1S/C72H139NO5/c1-3-5-7-9-11-13-15-17-19-20-21-22-28-31-34-37-40-44-48-52-56-60-64-70(75)69(68-74)73-71(76)65-61-57-53-49-45-41-38-35-32-29-26-24-23-25-27-30-33-36-39-43-47-51-55-59-63-67-78-72(77)66-62-58-54-50-46-42-18-16-14-12-10-8-6-4-2/h10,12,16,18,69-70,74-75H,3-9,11,13-15,17,19-68H2,1-2H3,(H,73,76)/b12-10-,18-16-. The Morgan fingerprint density at radius 1 is 0.359 bits per heavy atom. The van der Waals surface area contributed by atoms with Crippen molar-refractivity contribution in [2.45, 2.75) is 411 Å². The SMILES string of the molecule is CCCC/C=C\C/C=C\CCCCCCCC(=O)OCCCCCCCCCCCCCCCCCCCCCCCCCCCC(=O)NC(CO)C(O)CCCCCCCCCCCCCCCCCCCCCCCC. The fourth-order valence-corrected chi connectivity index (χ4v) is 11.3. The molecule has 0 aliphatic carbocycles. The second-order valence-corrected chi connectivity index (χ2v) is 24.6. The van der Waals surface area contributed by atoms with Gasteiger partial charge in [0.05, 0.1) is 25.4 Å². The lowest BCUT2D eigenvalue weighted by molar-refractivity contribution is -0.143. The third kappa shape index (κ3) is 63.5. The molecule has 6 heteroatoms. The topological polar surface area (TPSA) is 95.9 Å². The van der Waals surface area contributed by atoms with E-state index in [1.54, 1.807) is 0 Å². The highest BCUT2D eigenvalue weighted by atomic mass is 16.5. The number of carbonyl (C=O) groups is 2. The zero-order valence-electron chi connectivity index (χ0n) is 52.9. The van der Waals surface area contributed by atoms with Crippen molar-refractivity contribution in [3.63, 3.8) is 0 Å².